The third kappa shape index (κ3) is 12.7. The van der Waals surface area contributed by atoms with Gasteiger partial charge in [0.15, 0.2) is 0 Å². The molecule has 0 spiro atoms. The Kier molecular flexibility index (Phi) is 16.5. The third-order valence-corrected chi connectivity index (χ3v) is 5.63. The molecule has 0 bridgehead atoms. The number of nitrogens with zero attached hydrogens (tertiary/aromatic N) is 2. The molecule has 9 heteroatoms. The molecule has 0 aromatic heterocycles. The van der Waals surface area contributed by atoms with Gasteiger partial charge in [-0.3, -0.25) is 0 Å². The minimum Gasteiger partial charge on any atom is -0.382 e. The van der Waals surface area contributed by atoms with Crippen LogP contribution in [0.15, 0.2) is 0 Å². The summed E-state index contributed by atoms with van der Waals surface area (Å²) in [5, 5.41) is 0. The Labute approximate surface area is 168 Å². The van der Waals surface area contributed by atoms with Crippen LogP contribution in [-0.2, 0) is 23.3 Å². The molecule has 0 aliphatic carbocycles. The van der Waals surface area contributed by atoms with Crippen LogP contribution in [0.5, 0.6) is 0 Å². The Morgan fingerprint density at radius 3 is 2.22 bits per heavy atom. The van der Waals surface area contributed by atoms with Gasteiger partial charge in [-0.15, -0.1) is 0 Å². The average molecular weight is 402 g/mol. The van der Waals surface area contributed by atoms with E-state index < -0.39 is 14.5 Å². The van der Waals surface area contributed by atoms with E-state index in [4.69, 9.17) is 37.7 Å². The summed E-state index contributed by atoms with van der Waals surface area (Å²) in [5.41, 5.74) is 0. The van der Waals surface area contributed by atoms with Crippen molar-refractivity contribution in [3.05, 3.63) is 11.4 Å². The molecule has 0 saturated carbocycles. The maximum atomic E-state index is 6.93. The summed E-state index contributed by atoms with van der Waals surface area (Å²) >= 11 is 0. The number of ether oxygens (including phenoxy) is 3. The summed E-state index contributed by atoms with van der Waals surface area (Å²) in [6.07, 6.45) is 0.613. The molecule has 0 saturated heterocycles. The second-order valence-electron chi connectivity index (χ2n) is 6.59. The molecule has 156 valence electrons. The summed E-state index contributed by atoms with van der Waals surface area (Å²) in [6.45, 7) is 19.8. The highest BCUT2D eigenvalue weighted by atomic mass is 31.2. The monoisotopic (exact) mass is 402 g/mol. The Morgan fingerprint density at radius 1 is 1.04 bits per heavy atom. The topological polar surface area (TPSA) is 53.8 Å². The minimum atomic E-state index is -1.27. The highest BCUT2D eigenvalue weighted by molar-refractivity contribution is 7.44. The van der Waals surface area contributed by atoms with Crippen LogP contribution in [0.2, 0.25) is 0 Å². The lowest BCUT2D eigenvalue weighted by Crippen LogP contribution is -2.35. The summed E-state index contributed by atoms with van der Waals surface area (Å²) in [4.78, 5) is 3.35. The van der Waals surface area contributed by atoms with Gasteiger partial charge in [-0.1, -0.05) is 6.92 Å². The molecular formula is C18H36BN2O5P. The molecule has 0 aliphatic rings. The van der Waals surface area contributed by atoms with Gasteiger partial charge in [-0.05, 0) is 34.1 Å². The molecule has 0 rings (SSSR count). The van der Waals surface area contributed by atoms with E-state index in [9.17, 15) is 0 Å². The highest BCUT2D eigenvalue weighted by Gasteiger charge is 2.28. The standard InChI is InChI=1S/C18H36BN2O5P/c1-8-17(26-18(19)14-23-12-11-22-7)13-25-27(24-10-9-20-6)21(15(2)3)16(4)5/h15-18H,8-14H2,1-5,7H3/t17-,18?,27?/m1/s1. The number of rotatable bonds is 17. The fourth-order valence-corrected chi connectivity index (χ4v) is 3.96. The maximum absolute atomic E-state index is 6.93. The number of methoxy groups -OCH3 is 1. The molecule has 0 heterocycles. The molecule has 0 amide bonds. The van der Waals surface area contributed by atoms with Crippen molar-refractivity contribution in [3.8, 4) is 0 Å². The molecule has 0 fully saturated rings. The van der Waals surface area contributed by atoms with Gasteiger partial charge in [0.1, 0.15) is 14.5 Å². The lowest BCUT2D eigenvalue weighted by molar-refractivity contribution is -0.0437. The largest absolute Gasteiger partial charge is 0.382 e. The van der Waals surface area contributed by atoms with Crippen LogP contribution in [-0.4, -0.2) is 83.4 Å². The van der Waals surface area contributed by atoms with Crippen LogP contribution in [0.3, 0.4) is 0 Å². The van der Waals surface area contributed by atoms with Crippen LogP contribution in [0.25, 0.3) is 4.85 Å². The van der Waals surface area contributed by atoms with E-state index in [2.05, 4.69) is 37.2 Å². The van der Waals surface area contributed by atoms with Crippen LogP contribution in [0, 0.1) is 6.57 Å². The third-order valence-electron chi connectivity index (χ3n) is 3.56. The second-order valence-corrected chi connectivity index (χ2v) is 8.04. The van der Waals surface area contributed by atoms with Gasteiger partial charge in [0.05, 0.1) is 32.5 Å². The van der Waals surface area contributed by atoms with Crippen molar-refractivity contribution in [1.29, 1.82) is 0 Å². The first-order chi connectivity index (χ1) is 12.9. The molecule has 27 heavy (non-hydrogen) atoms. The van der Waals surface area contributed by atoms with Gasteiger partial charge in [-0.25, -0.2) is 11.2 Å². The van der Waals surface area contributed by atoms with Crippen molar-refractivity contribution in [2.75, 3.05) is 46.7 Å². The fourth-order valence-electron chi connectivity index (χ4n) is 2.34. The number of hydrogen-bond acceptors (Lipinski definition) is 6. The summed E-state index contributed by atoms with van der Waals surface area (Å²) in [5.74, 6) is 0. The number of hydrogen-bond donors (Lipinski definition) is 0. The zero-order valence-corrected chi connectivity index (χ0v) is 18.6. The van der Waals surface area contributed by atoms with E-state index >= 15 is 0 Å². The predicted octanol–water partition coefficient (Wildman–Crippen LogP) is 3.24. The smallest absolute Gasteiger partial charge is 0.259 e. The molecule has 2 radical (unpaired) electrons. The maximum Gasteiger partial charge on any atom is 0.259 e. The lowest BCUT2D eigenvalue weighted by atomic mass is 10.0. The van der Waals surface area contributed by atoms with Gasteiger partial charge in [0.2, 0.25) is 6.54 Å². The first-order valence-electron chi connectivity index (χ1n) is 9.52. The van der Waals surface area contributed by atoms with Gasteiger partial charge < -0.3 is 28.1 Å². The molecule has 2 unspecified atom stereocenters. The fraction of sp³-hybridized carbons (Fsp3) is 0.944. The van der Waals surface area contributed by atoms with E-state index in [1.165, 1.54) is 0 Å². The molecule has 0 aliphatic heterocycles. The normalized spacial score (nSPS) is 15.3. The molecular weight excluding hydrogens is 366 g/mol. The first-order valence-corrected chi connectivity index (χ1v) is 10.6. The summed E-state index contributed by atoms with van der Waals surface area (Å²) in [7, 11) is 6.33. The zero-order valence-electron chi connectivity index (χ0n) is 17.7. The Bertz CT molecular complexity index is 390. The molecule has 0 aromatic carbocycles. The van der Waals surface area contributed by atoms with Crippen molar-refractivity contribution in [2.45, 2.75) is 65.2 Å². The first kappa shape index (κ1) is 26.7. The SMILES string of the molecule is [B]C(COCCOC)O[C@H](CC)COP(OCC[N+]#[C-])N(C(C)C)C(C)C. The minimum absolute atomic E-state index is 0.151. The van der Waals surface area contributed by atoms with Crippen LogP contribution in [0.4, 0.5) is 0 Å². The van der Waals surface area contributed by atoms with Crippen molar-refractivity contribution in [2.24, 2.45) is 0 Å². The van der Waals surface area contributed by atoms with Crippen molar-refractivity contribution in [3.63, 3.8) is 0 Å². The molecule has 0 aromatic rings. The summed E-state index contributed by atoms with van der Waals surface area (Å²) < 4.78 is 30.3. The van der Waals surface area contributed by atoms with E-state index in [0.717, 1.165) is 6.42 Å². The van der Waals surface area contributed by atoms with Crippen molar-refractivity contribution >= 4 is 16.4 Å². The Hall–Kier alpha value is -0.255. The summed E-state index contributed by atoms with van der Waals surface area (Å²) in [6, 6.07) is 0.0129. The van der Waals surface area contributed by atoms with Crippen LogP contribution >= 0.6 is 8.53 Å². The average Bonchev–Trinajstić information content (AvgIpc) is 2.61. The molecule has 0 N–H and O–H groups in total. The van der Waals surface area contributed by atoms with Gasteiger partial charge in [0, 0.05) is 25.2 Å². The molecule has 3 atom stereocenters. The zero-order chi connectivity index (χ0) is 20.7. The Morgan fingerprint density at radius 2 is 1.70 bits per heavy atom. The molecule has 7 nitrogen and oxygen atoms in total. The van der Waals surface area contributed by atoms with Crippen LogP contribution < -0.4 is 0 Å². The van der Waals surface area contributed by atoms with Crippen LogP contribution in [0.1, 0.15) is 41.0 Å². The van der Waals surface area contributed by atoms with E-state index in [1.807, 2.05) is 6.92 Å². The quantitative estimate of drug-likeness (QED) is 0.161. The van der Waals surface area contributed by atoms with Crippen molar-refractivity contribution < 1.29 is 23.3 Å². The van der Waals surface area contributed by atoms with E-state index in [1.54, 1.807) is 7.11 Å². The predicted molar refractivity (Wildman–Crippen MR) is 110 cm³/mol. The highest BCUT2D eigenvalue weighted by Crippen LogP contribution is 2.46. The second kappa shape index (κ2) is 16.7. The Balaban J connectivity index is 4.62. The lowest BCUT2D eigenvalue weighted by Gasteiger charge is -2.36. The van der Waals surface area contributed by atoms with Gasteiger partial charge in [0.25, 0.3) is 8.53 Å². The van der Waals surface area contributed by atoms with Gasteiger partial charge >= 0.3 is 0 Å². The van der Waals surface area contributed by atoms with Gasteiger partial charge in [-0.2, -0.15) is 0 Å². The van der Waals surface area contributed by atoms with E-state index in [-0.39, 0.29) is 18.2 Å². The van der Waals surface area contributed by atoms with Crippen molar-refractivity contribution in [1.82, 2.24) is 4.67 Å². The van der Waals surface area contributed by atoms with E-state index in [0.29, 0.717) is 39.6 Å².